The van der Waals surface area contributed by atoms with E-state index in [1.165, 1.54) is 16.7 Å². The molecule has 0 unspecified atom stereocenters. The van der Waals surface area contributed by atoms with E-state index in [9.17, 15) is 4.79 Å². The topological polar surface area (TPSA) is 38.3 Å². The molecule has 0 spiro atoms. The maximum absolute atomic E-state index is 12.3. The molecule has 126 valence electrons. The fourth-order valence-corrected chi connectivity index (χ4v) is 3.17. The van der Waals surface area contributed by atoms with E-state index in [4.69, 9.17) is 4.74 Å². The van der Waals surface area contributed by atoms with Crippen molar-refractivity contribution in [3.63, 3.8) is 0 Å². The molecule has 0 radical (unpaired) electrons. The predicted octanol–water partition coefficient (Wildman–Crippen LogP) is 4.27. The number of carbonyl (C=O) groups excluding carboxylic acids is 1. The Morgan fingerprint density at radius 3 is 2.46 bits per heavy atom. The second-order valence-corrected chi connectivity index (χ2v) is 6.69. The van der Waals surface area contributed by atoms with E-state index in [0.29, 0.717) is 13.0 Å². The fourth-order valence-electron chi connectivity index (χ4n) is 3.17. The third-order valence-electron chi connectivity index (χ3n) is 4.99. The zero-order chi connectivity index (χ0) is 17.0. The summed E-state index contributed by atoms with van der Waals surface area (Å²) in [7, 11) is 0. The number of hydrogen-bond acceptors (Lipinski definition) is 2. The average Bonchev–Trinajstić information content (AvgIpc) is 2.55. The second kappa shape index (κ2) is 7.08. The van der Waals surface area contributed by atoms with E-state index < -0.39 is 0 Å². The van der Waals surface area contributed by atoms with E-state index in [1.807, 2.05) is 36.4 Å². The molecule has 0 aliphatic heterocycles. The quantitative estimate of drug-likeness (QED) is 0.862. The highest BCUT2D eigenvalue weighted by Gasteiger charge is 2.39. The van der Waals surface area contributed by atoms with E-state index in [2.05, 4.69) is 31.3 Å². The summed E-state index contributed by atoms with van der Waals surface area (Å²) in [4.78, 5) is 12.3. The van der Waals surface area contributed by atoms with Gasteiger partial charge in [-0.2, -0.15) is 0 Å². The Kier molecular flexibility index (Phi) is 4.89. The van der Waals surface area contributed by atoms with Gasteiger partial charge in [-0.1, -0.05) is 36.4 Å². The first-order chi connectivity index (χ1) is 11.6. The molecule has 1 amide bonds. The number of benzene rings is 2. The molecule has 2 aromatic carbocycles. The third kappa shape index (κ3) is 3.61. The molecular formula is C21H25NO2. The van der Waals surface area contributed by atoms with Crippen LogP contribution in [-0.2, 0) is 10.3 Å². The molecule has 1 aliphatic rings. The fraction of sp³-hybridized carbons (Fsp3) is 0.381. The van der Waals surface area contributed by atoms with E-state index >= 15 is 0 Å². The number of ether oxygens (including phenoxy) is 1. The van der Waals surface area contributed by atoms with Crippen LogP contribution in [0.4, 0.5) is 0 Å². The first-order valence-corrected chi connectivity index (χ1v) is 8.66. The van der Waals surface area contributed by atoms with E-state index in [0.717, 1.165) is 25.0 Å². The van der Waals surface area contributed by atoms with Gasteiger partial charge in [-0.3, -0.25) is 4.79 Å². The molecule has 3 nitrogen and oxygen atoms in total. The van der Waals surface area contributed by atoms with Crippen molar-refractivity contribution < 1.29 is 9.53 Å². The van der Waals surface area contributed by atoms with Crippen molar-refractivity contribution in [2.24, 2.45) is 0 Å². The van der Waals surface area contributed by atoms with E-state index in [1.54, 1.807) is 0 Å². The Labute approximate surface area is 144 Å². The molecular weight excluding hydrogens is 298 g/mol. The smallest absolute Gasteiger partial charge is 0.224 e. The lowest BCUT2D eigenvalue weighted by Crippen LogP contribution is -2.51. The van der Waals surface area contributed by atoms with Crippen LogP contribution in [0.25, 0.3) is 0 Å². The summed E-state index contributed by atoms with van der Waals surface area (Å²) in [6, 6.07) is 16.3. The van der Waals surface area contributed by atoms with Crippen molar-refractivity contribution in [3.8, 4) is 5.75 Å². The van der Waals surface area contributed by atoms with Gasteiger partial charge < -0.3 is 10.1 Å². The minimum atomic E-state index is -0.168. The zero-order valence-electron chi connectivity index (χ0n) is 14.5. The van der Waals surface area contributed by atoms with Crippen LogP contribution in [-0.4, -0.2) is 12.5 Å². The van der Waals surface area contributed by atoms with Gasteiger partial charge in [-0.05, 0) is 61.9 Å². The summed E-state index contributed by atoms with van der Waals surface area (Å²) in [5.41, 5.74) is 3.49. The first kappa shape index (κ1) is 16.6. The summed E-state index contributed by atoms with van der Waals surface area (Å²) in [6.45, 7) is 4.54. The van der Waals surface area contributed by atoms with Crippen LogP contribution in [0.3, 0.4) is 0 Å². The van der Waals surface area contributed by atoms with Crippen LogP contribution in [0, 0.1) is 13.8 Å². The van der Waals surface area contributed by atoms with Crippen LogP contribution >= 0.6 is 0 Å². The highest BCUT2D eigenvalue weighted by Crippen LogP contribution is 2.41. The van der Waals surface area contributed by atoms with Crippen molar-refractivity contribution in [1.82, 2.24) is 5.32 Å². The Bertz CT molecular complexity index is 705. The van der Waals surface area contributed by atoms with Crippen LogP contribution in [0.2, 0.25) is 0 Å². The lowest BCUT2D eigenvalue weighted by atomic mass is 9.71. The number of hydrogen-bond donors (Lipinski definition) is 1. The molecule has 0 heterocycles. The molecule has 0 aromatic heterocycles. The maximum atomic E-state index is 12.3. The summed E-state index contributed by atoms with van der Waals surface area (Å²) in [6.07, 6.45) is 3.57. The molecule has 0 atom stereocenters. The lowest BCUT2D eigenvalue weighted by Gasteiger charge is -2.43. The van der Waals surface area contributed by atoms with Crippen molar-refractivity contribution in [2.75, 3.05) is 6.61 Å². The molecule has 2 aromatic rings. The highest BCUT2D eigenvalue weighted by molar-refractivity contribution is 5.77. The number of nitrogens with one attached hydrogen (secondary N) is 1. The van der Waals surface area contributed by atoms with Gasteiger partial charge in [0, 0.05) is 0 Å². The van der Waals surface area contributed by atoms with Crippen LogP contribution < -0.4 is 10.1 Å². The van der Waals surface area contributed by atoms with Gasteiger partial charge in [0.15, 0.2) is 0 Å². The van der Waals surface area contributed by atoms with Crippen molar-refractivity contribution in [3.05, 3.63) is 65.2 Å². The minimum absolute atomic E-state index is 0.0578. The molecule has 3 heteroatoms. The molecule has 3 rings (SSSR count). The average molecular weight is 323 g/mol. The summed E-state index contributed by atoms with van der Waals surface area (Å²) < 4.78 is 5.72. The molecule has 1 fully saturated rings. The molecule has 0 saturated heterocycles. The largest absolute Gasteiger partial charge is 0.493 e. The highest BCUT2D eigenvalue weighted by atomic mass is 16.5. The SMILES string of the molecule is Cc1ccc(OCCC(=O)NC2(c3ccccc3)CCC2)cc1C. The summed E-state index contributed by atoms with van der Waals surface area (Å²) in [5, 5.41) is 3.23. The second-order valence-electron chi connectivity index (χ2n) is 6.69. The van der Waals surface area contributed by atoms with Gasteiger partial charge in [0.05, 0.1) is 18.6 Å². The zero-order valence-corrected chi connectivity index (χ0v) is 14.5. The molecule has 1 saturated carbocycles. The Balaban J connectivity index is 1.53. The summed E-state index contributed by atoms with van der Waals surface area (Å²) >= 11 is 0. The number of aryl methyl sites for hydroxylation is 2. The molecule has 0 bridgehead atoms. The van der Waals surface area contributed by atoms with Gasteiger partial charge in [0.25, 0.3) is 0 Å². The van der Waals surface area contributed by atoms with Gasteiger partial charge in [0.2, 0.25) is 5.91 Å². The maximum Gasteiger partial charge on any atom is 0.224 e. The molecule has 24 heavy (non-hydrogen) atoms. The van der Waals surface area contributed by atoms with Gasteiger partial charge in [-0.15, -0.1) is 0 Å². The lowest BCUT2D eigenvalue weighted by molar-refractivity contribution is -0.124. The van der Waals surface area contributed by atoms with Crippen molar-refractivity contribution in [1.29, 1.82) is 0 Å². The van der Waals surface area contributed by atoms with Gasteiger partial charge in [0.1, 0.15) is 5.75 Å². The standard InChI is InChI=1S/C21H25NO2/c1-16-9-10-19(15-17(16)2)24-14-11-20(23)22-21(12-6-13-21)18-7-4-3-5-8-18/h3-5,7-10,15H,6,11-14H2,1-2H3,(H,22,23). The number of amides is 1. The normalized spacial score (nSPS) is 15.4. The first-order valence-electron chi connectivity index (χ1n) is 8.66. The Morgan fingerprint density at radius 2 is 1.83 bits per heavy atom. The van der Waals surface area contributed by atoms with Crippen LogP contribution in [0.5, 0.6) is 5.75 Å². The Hall–Kier alpha value is -2.29. The number of rotatable bonds is 6. The van der Waals surface area contributed by atoms with E-state index in [-0.39, 0.29) is 11.4 Å². The molecule has 1 aliphatic carbocycles. The van der Waals surface area contributed by atoms with Crippen molar-refractivity contribution in [2.45, 2.75) is 45.1 Å². The monoisotopic (exact) mass is 323 g/mol. The third-order valence-corrected chi connectivity index (χ3v) is 4.99. The van der Waals surface area contributed by atoms with Gasteiger partial charge in [-0.25, -0.2) is 0 Å². The summed E-state index contributed by atoms with van der Waals surface area (Å²) in [5.74, 6) is 0.884. The van der Waals surface area contributed by atoms with Crippen molar-refractivity contribution >= 4 is 5.91 Å². The number of carbonyl (C=O) groups is 1. The van der Waals surface area contributed by atoms with Gasteiger partial charge >= 0.3 is 0 Å². The van der Waals surface area contributed by atoms with Crippen LogP contribution in [0.15, 0.2) is 48.5 Å². The Morgan fingerprint density at radius 1 is 1.08 bits per heavy atom. The van der Waals surface area contributed by atoms with Crippen LogP contribution in [0.1, 0.15) is 42.4 Å². The predicted molar refractivity (Wildman–Crippen MR) is 96.1 cm³/mol. The minimum Gasteiger partial charge on any atom is -0.493 e. The molecule has 1 N–H and O–H groups in total.